The van der Waals surface area contributed by atoms with Crippen LogP contribution in [0.1, 0.15) is 59.7 Å². The first kappa shape index (κ1) is 24.5. The predicted molar refractivity (Wildman–Crippen MR) is 140 cm³/mol. The molecule has 190 valence electrons. The minimum absolute atomic E-state index is 0.00780. The van der Waals surface area contributed by atoms with Crippen molar-refractivity contribution in [1.29, 1.82) is 0 Å². The maximum atomic E-state index is 13.1. The van der Waals surface area contributed by atoms with E-state index in [2.05, 4.69) is 20.8 Å². The van der Waals surface area contributed by atoms with E-state index in [1.54, 1.807) is 13.8 Å². The number of rotatable bonds is 8. The lowest BCUT2D eigenvalue weighted by Gasteiger charge is -2.11. The Bertz CT molecular complexity index is 1400. The molecule has 1 fully saturated rings. The maximum Gasteiger partial charge on any atom is 0.257 e. The van der Waals surface area contributed by atoms with Gasteiger partial charge in [0.2, 0.25) is 11.8 Å². The summed E-state index contributed by atoms with van der Waals surface area (Å²) in [7, 11) is 0. The molecule has 2 N–H and O–H groups in total. The topological polar surface area (TPSA) is 110 Å². The SMILES string of the molecule is Cc1oc(-c2ccccc2NC(=O)CC2CCCC2)nc1CNC(=O)c1c(-c2ccccc2)noc1C. The Morgan fingerprint density at radius 2 is 1.70 bits per heavy atom. The Balaban J connectivity index is 1.30. The van der Waals surface area contributed by atoms with Crippen LogP contribution in [0.25, 0.3) is 22.7 Å². The number of aromatic nitrogens is 2. The fraction of sp³-hybridized carbons (Fsp3) is 0.310. The average Bonchev–Trinajstić information content (AvgIpc) is 3.64. The van der Waals surface area contributed by atoms with E-state index >= 15 is 0 Å². The molecule has 0 spiro atoms. The van der Waals surface area contributed by atoms with Crippen molar-refractivity contribution in [2.75, 3.05) is 5.32 Å². The second-order valence-electron chi connectivity index (χ2n) is 9.48. The number of nitrogens with one attached hydrogen (secondary N) is 2. The molecule has 0 unspecified atom stereocenters. The van der Waals surface area contributed by atoms with Crippen LogP contribution >= 0.6 is 0 Å². The normalized spacial score (nSPS) is 13.6. The van der Waals surface area contributed by atoms with Gasteiger partial charge in [0.25, 0.3) is 5.91 Å². The highest BCUT2D eigenvalue weighted by Crippen LogP contribution is 2.31. The zero-order valence-corrected chi connectivity index (χ0v) is 21.0. The molecular weight excluding hydrogens is 468 g/mol. The molecule has 0 radical (unpaired) electrons. The Hall–Kier alpha value is -4.20. The second-order valence-corrected chi connectivity index (χ2v) is 9.48. The van der Waals surface area contributed by atoms with Crippen LogP contribution in [0.15, 0.2) is 63.5 Å². The van der Waals surface area contributed by atoms with Gasteiger partial charge in [0, 0.05) is 12.0 Å². The summed E-state index contributed by atoms with van der Waals surface area (Å²) >= 11 is 0. The van der Waals surface area contributed by atoms with E-state index in [9.17, 15) is 9.59 Å². The van der Waals surface area contributed by atoms with Gasteiger partial charge in [0.1, 0.15) is 28.5 Å². The fourth-order valence-electron chi connectivity index (χ4n) is 4.85. The monoisotopic (exact) mass is 498 g/mol. The summed E-state index contributed by atoms with van der Waals surface area (Å²) in [6.45, 7) is 3.69. The van der Waals surface area contributed by atoms with E-state index < -0.39 is 0 Å². The molecule has 37 heavy (non-hydrogen) atoms. The molecule has 0 atom stereocenters. The van der Waals surface area contributed by atoms with Gasteiger partial charge in [-0.1, -0.05) is 60.5 Å². The zero-order valence-electron chi connectivity index (χ0n) is 21.0. The first-order valence-electron chi connectivity index (χ1n) is 12.6. The van der Waals surface area contributed by atoms with Crippen molar-refractivity contribution in [3.05, 3.63) is 77.4 Å². The molecule has 0 bridgehead atoms. The third kappa shape index (κ3) is 5.48. The number of carbonyl (C=O) groups is 2. The number of aryl methyl sites for hydroxylation is 2. The van der Waals surface area contributed by atoms with Crippen LogP contribution in [-0.2, 0) is 11.3 Å². The number of oxazole rings is 1. The van der Waals surface area contributed by atoms with E-state index in [0.29, 0.717) is 58.0 Å². The van der Waals surface area contributed by atoms with Crippen LogP contribution in [0.4, 0.5) is 5.69 Å². The summed E-state index contributed by atoms with van der Waals surface area (Å²) in [5.41, 5.74) is 3.65. The van der Waals surface area contributed by atoms with Crippen molar-refractivity contribution in [1.82, 2.24) is 15.5 Å². The lowest BCUT2D eigenvalue weighted by Crippen LogP contribution is -2.24. The summed E-state index contributed by atoms with van der Waals surface area (Å²) < 4.78 is 11.3. The average molecular weight is 499 g/mol. The molecular formula is C29H30N4O4. The number of nitrogens with zero attached hydrogens (tertiary/aromatic N) is 2. The lowest BCUT2D eigenvalue weighted by molar-refractivity contribution is -0.117. The lowest BCUT2D eigenvalue weighted by atomic mass is 10.0. The van der Waals surface area contributed by atoms with Gasteiger partial charge in [-0.3, -0.25) is 9.59 Å². The number of anilines is 1. The molecule has 1 aliphatic carbocycles. The summed E-state index contributed by atoms with van der Waals surface area (Å²) in [5.74, 6) is 1.59. The predicted octanol–water partition coefficient (Wildman–Crippen LogP) is 6.06. The fourth-order valence-corrected chi connectivity index (χ4v) is 4.85. The van der Waals surface area contributed by atoms with E-state index in [4.69, 9.17) is 8.94 Å². The molecule has 4 aromatic rings. The second kappa shape index (κ2) is 10.8. The molecule has 0 aliphatic heterocycles. The van der Waals surface area contributed by atoms with Crippen molar-refractivity contribution < 1.29 is 18.5 Å². The van der Waals surface area contributed by atoms with Gasteiger partial charge >= 0.3 is 0 Å². The van der Waals surface area contributed by atoms with Gasteiger partial charge in [-0.25, -0.2) is 4.98 Å². The molecule has 8 nitrogen and oxygen atoms in total. The highest BCUT2D eigenvalue weighted by molar-refractivity contribution is 6.00. The van der Waals surface area contributed by atoms with Gasteiger partial charge in [-0.05, 0) is 44.7 Å². The number of hydrogen-bond donors (Lipinski definition) is 2. The Labute approximate surface area is 215 Å². The molecule has 1 aliphatic rings. The minimum atomic E-state index is -0.305. The molecule has 5 rings (SSSR count). The molecule has 1 saturated carbocycles. The summed E-state index contributed by atoms with van der Waals surface area (Å²) in [6.07, 6.45) is 5.17. The highest BCUT2D eigenvalue weighted by Gasteiger charge is 2.23. The number of benzene rings is 2. The van der Waals surface area contributed by atoms with E-state index in [-0.39, 0.29) is 18.4 Å². The van der Waals surface area contributed by atoms with Crippen molar-refractivity contribution in [2.24, 2.45) is 5.92 Å². The van der Waals surface area contributed by atoms with E-state index in [1.807, 2.05) is 54.6 Å². The van der Waals surface area contributed by atoms with Crippen LogP contribution in [0.2, 0.25) is 0 Å². The summed E-state index contributed by atoms with van der Waals surface area (Å²) in [4.78, 5) is 30.4. The largest absolute Gasteiger partial charge is 0.441 e. The number of para-hydroxylation sites is 1. The molecule has 0 saturated heterocycles. The Morgan fingerprint density at radius 3 is 2.49 bits per heavy atom. The molecule has 2 aromatic carbocycles. The first-order chi connectivity index (χ1) is 18.0. The van der Waals surface area contributed by atoms with Crippen molar-refractivity contribution >= 4 is 17.5 Å². The molecule has 8 heteroatoms. The molecule has 2 heterocycles. The molecule has 2 amide bonds. The maximum absolute atomic E-state index is 13.1. The standard InChI is InChI=1S/C29H30N4O4/c1-18-24(17-30-28(35)26-19(2)37-33-27(26)21-12-4-3-5-13-21)32-29(36-18)22-14-8-9-15-23(22)31-25(34)16-20-10-6-7-11-20/h3-5,8-9,12-15,20H,6-7,10-11,16-17H2,1-2H3,(H,30,35)(H,31,34). The van der Waals surface area contributed by atoms with Gasteiger partial charge in [0.15, 0.2) is 0 Å². The summed E-state index contributed by atoms with van der Waals surface area (Å²) in [6, 6.07) is 16.9. The minimum Gasteiger partial charge on any atom is -0.441 e. The number of amides is 2. The van der Waals surface area contributed by atoms with Crippen molar-refractivity contribution in [2.45, 2.75) is 52.5 Å². The van der Waals surface area contributed by atoms with Crippen LogP contribution in [0.3, 0.4) is 0 Å². The van der Waals surface area contributed by atoms with Gasteiger partial charge in [-0.15, -0.1) is 0 Å². The van der Waals surface area contributed by atoms with Crippen LogP contribution in [0, 0.1) is 19.8 Å². The van der Waals surface area contributed by atoms with Crippen LogP contribution in [-0.4, -0.2) is 22.0 Å². The van der Waals surface area contributed by atoms with E-state index in [0.717, 1.165) is 18.4 Å². The summed E-state index contributed by atoms with van der Waals surface area (Å²) in [5, 5.41) is 10.0. The smallest absolute Gasteiger partial charge is 0.257 e. The third-order valence-corrected chi connectivity index (χ3v) is 6.83. The van der Waals surface area contributed by atoms with E-state index in [1.165, 1.54) is 12.8 Å². The third-order valence-electron chi connectivity index (χ3n) is 6.83. The molecule has 2 aromatic heterocycles. The highest BCUT2D eigenvalue weighted by atomic mass is 16.5. The zero-order chi connectivity index (χ0) is 25.8. The Morgan fingerprint density at radius 1 is 0.973 bits per heavy atom. The van der Waals surface area contributed by atoms with Crippen LogP contribution in [0.5, 0.6) is 0 Å². The van der Waals surface area contributed by atoms with Gasteiger partial charge in [-0.2, -0.15) is 0 Å². The first-order valence-corrected chi connectivity index (χ1v) is 12.6. The number of hydrogen-bond acceptors (Lipinski definition) is 6. The Kier molecular flexibility index (Phi) is 7.16. The van der Waals surface area contributed by atoms with Crippen molar-refractivity contribution in [3.63, 3.8) is 0 Å². The van der Waals surface area contributed by atoms with Gasteiger partial charge in [0.05, 0.1) is 17.8 Å². The van der Waals surface area contributed by atoms with Crippen molar-refractivity contribution in [3.8, 4) is 22.7 Å². The van der Waals surface area contributed by atoms with Gasteiger partial charge < -0.3 is 19.6 Å². The quantitative estimate of drug-likeness (QED) is 0.305. The van der Waals surface area contributed by atoms with Crippen LogP contribution < -0.4 is 10.6 Å². The number of carbonyl (C=O) groups excluding carboxylic acids is 2.